The van der Waals surface area contributed by atoms with E-state index in [4.69, 9.17) is 21.6 Å². The maximum absolute atomic E-state index is 12.3. The first-order valence-corrected chi connectivity index (χ1v) is 7.96. The van der Waals surface area contributed by atoms with Crippen molar-refractivity contribution in [1.82, 2.24) is 4.98 Å². The summed E-state index contributed by atoms with van der Waals surface area (Å²) in [5, 5.41) is 12.3. The molecule has 0 atom stereocenters. The molecule has 3 aromatic rings. The Hall–Kier alpha value is -3.43. The Balaban J connectivity index is 1.65. The molecule has 2 aromatic carbocycles. The first kappa shape index (κ1) is 17.4. The van der Waals surface area contributed by atoms with Crippen LogP contribution in [0.2, 0.25) is 5.02 Å². The van der Waals surface area contributed by atoms with Crippen LogP contribution >= 0.6 is 11.6 Å². The number of hydrogen-bond donors (Lipinski definition) is 1. The minimum Gasteiger partial charge on any atom is -0.452 e. The molecule has 0 spiro atoms. The number of anilines is 1. The fourth-order valence-corrected chi connectivity index (χ4v) is 2.59. The van der Waals surface area contributed by atoms with Gasteiger partial charge in [0.25, 0.3) is 5.91 Å². The highest BCUT2D eigenvalue weighted by Crippen LogP contribution is 2.20. The predicted octanol–water partition coefficient (Wildman–Crippen LogP) is 3.56. The maximum atomic E-state index is 12.3. The Bertz CT molecular complexity index is 1040. The molecule has 128 valence electrons. The summed E-state index contributed by atoms with van der Waals surface area (Å²) >= 11 is 5.91. The summed E-state index contributed by atoms with van der Waals surface area (Å²) in [5.74, 6) is -1.13. The topological polar surface area (TPSA) is 92.1 Å². The number of esters is 1. The van der Waals surface area contributed by atoms with Crippen molar-refractivity contribution in [2.24, 2.45) is 0 Å². The molecular formula is C19H12ClN3O3. The largest absolute Gasteiger partial charge is 0.452 e. The molecule has 1 amide bonds. The zero-order valence-electron chi connectivity index (χ0n) is 13.4. The van der Waals surface area contributed by atoms with Crippen LogP contribution in [0.5, 0.6) is 0 Å². The molecule has 6 nitrogen and oxygen atoms in total. The molecule has 7 heteroatoms. The number of halogens is 1. The van der Waals surface area contributed by atoms with E-state index >= 15 is 0 Å². The Kier molecular flexibility index (Phi) is 5.11. The molecule has 1 heterocycles. The zero-order chi connectivity index (χ0) is 18.5. The van der Waals surface area contributed by atoms with Crippen molar-refractivity contribution in [3.8, 4) is 6.07 Å². The van der Waals surface area contributed by atoms with Gasteiger partial charge in [-0.05, 0) is 36.4 Å². The number of nitriles is 1. The highest BCUT2D eigenvalue weighted by molar-refractivity contribution is 6.32. The number of nitrogens with zero attached hydrogens (tertiary/aromatic N) is 2. The van der Waals surface area contributed by atoms with Crippen molar-refractivity contribution in [2.75, 3.05) is 11.9 Å². The van der Waals surface area contributed by atoms with Gasteiger partial charge in [-0.3, -0.25) is 9.78 Å². The molecule has 0 saturated heterocycles. The normalized spacial score (nSPS) is 10.2. The summed E-state index contributed by atoms with van der Waals surface area (Å²) in [7, 11) is 0. The molecule has 3 rings (SSSR count). The lowest BCUT2D eigenvalue weighted by atomic mass is 10.1. The molecule has 0 fully saturated rings. The summed E-state index contributed by atoms with van der Waals surface area (Å²) in [6.45, 7) is -0.451. The van der Waals surface area contributed by atoms with Gasteiger partial charge in [0.2, 0.25) is 0 Å². The third kappa shape index (κ3) is 3.79. The van der Waals surface area contributed by atoms with Gasteiger partial charge in [-0.15, -0.1) is 0 Å². The van der Waals surface area contributed by atoms with Gasteiger partial charge in [0, 0.05) is 17.3 Å². The fraction of sp³-hybridized carbons (Fsp3) is 0.0526. The average molecular weight is 366 g/mol. The third-order valence-electron chi connectivity index (χ3n) is 3.57. The fourth-order valence-electron chi connectivity index (χ4n) is 2.37. The van der Waals surface area contributed by atoms with Gasteiger partial charge in [0.15, 0.2) is 6.61 Å². The summed E-state index contributed by atoms with van der Waals surface area (Å²) in [6.07, 6.45) is 1.63. The zero-order valence-corrected chi connectivity index (χ0v) is 14.2. The summed E-state index contributed by atoms with van der Waals surface area (Å²) < 4.78 is 5.08. The smallest absolute Gasteiger partial charge is 0.339 e. The van der Waals surface area contributed by atoms with E-state index in [1.54, 1.807) is 42.6 Å². The number of carbonyl (C=O) groups excluding carboxylic acids is 2. The van der Waals surface area contributed by atoms with E-state index in [-0.39, 0.29) is 5.02 Å². The van der Waals surface area contributed by atoms with Crippen LogP contribution < -0.4 is 5.32 Å². The standard InChI is InChI=1S/C19H12ClN3O3/c20-16-9-13(7-6-12(16)10-21)23-18(24)11-26-19(25)15-3-1-5-17-14(15)4-2-8-22-17/h1-9H,11H2,(H,23,24). The number of carbonyl (C=O) groups is 2. The van der Waals surface area contributed by atoms with Gasteiger partial charge in [0.05, 0.1) is 21.7 Å². The Labute approximate surface area is 154 Å². The Morgan fingerprint density at radius 2 is 2.04 bits per heavy atom. The van der Waals surface area contributed by atoms with Gasteiger partial charge in [-0.25, -0.2) is 4.79 Å². The number of rotatable bonds is 4. The molecule has 0 unspecified atom stereocenters. The molecule has 26 heavy (non-hydrogen) atoms. The van der Waals surface area contributed by atoms with Crippen LogP contribution in [-0.4, -0.2) is 23.5 Å². The van der Waals surface area contributed by atoms with Gasteiger partial charge in [0.1, 0.15) is 6.07 Å². The van der Waals surface area contributed by atoms with E-state index in [2.05, 4.69) is 10.3 Å². The lowest BCUT2D eigenvalue weighted by molar-refractivity contribution is -0.119. The lowest BCUT2D eigenvalue weighted by Gasteiger charge is -2.08. The van der Waals surface area contributed by atoms with Crippen molar-refractivity contribution in [1.29, 1.82) is 5.26 Å². The van der Waals surface area contributed by atoms with E-state index in [1.807, 2.05) is 6.07 Å². The summed E-state index contributed by atoms with van der Waals surface area (Å²) in [4.78, 5) is 28.4. The quantitative estimate of drug-likeness (QED) is 0.714. The first-order valence-electron chi connectivity index (χ1n) is 7.59. The number of nitrogens with one attached hydrogen (secondary N) is 1. The van der Waals surface area contributed by atoms with Crippen molar-refractivity contribution in [3.05, 3.63) is 70.9 Å². The van der Waals surface area contributed by atoms with E-state index in [0.29, 0.717) is 27.7 Å². The predicted molar refractivity (Wildman–Crippen MR) is 96.8 cm³/mol. The van der Waals surface area contributed by atoms with Gasteiger partial charge >= 0.3 is 5.97 Å². The second-order valence-corrected chi connectivity index (χ2v) is 5.71. The second kappa shape index (κ2) is 7.64. The molecule has 0 bridgehead atoms. The number of hydrogen-bond acceptors (Lipinski definition) is 5. The lowest BCUT2D eigenvalue weighted by Crippen LogP contribution is -2.21. The van der Waals surface area contributed by atoms with Crippen LogP contribution in [0.3, 0.4) is 0 Å². The molecule has 0 aliphatic heterocycles. The number of fused-ring (bicyclic) bond motifs is 1. The van der Waals surface area contributed by atoms with E-state index in [1.165, 1.54) is 12.1 Å². The average Bonchev–Trinajstić information content (AvgIpc) is 2.66. The molecule has 0 aliphatic rings. The van der Waals surface area contributed by atoms with Crippen molar-refractivity contribution in [3.63, 3.8) is 0 Å². The van der Waals surface area contributed by atoms with Crippen molar-refractivity contribution < 1.29 is 14.3 Å². The van der Waals surface area contributed by atoms with E-state index < -0.39 is 18.5 Å². The van der Waals surface area contributed by atoms with E-state index in [0.717, 1.165) is 0 Å². The Morgan fingerprint density at radius 1 is 1.19 bits per heavy atom. The van der Waals surface area contributed by atoms with Crippen LogP contribution in [0.1, 0.15) is 15.9 Å². The van der Waals surface area contributed by atoms with Gasteiger partial charge in [-0.2, -0.15) is 5.26 Å². The number of benzene rings is 2. The van der Waals surface area contributed by atoms with Gasteiger partial charge in [-0.1, -0.05) is 23.7 Å². The molecule has 0 radical (unpaired) electrons. The number of aromatic nitrogens is 1. The SMILES string of the molecule is N#Cc1ccc(NC(=O)COC(=O)c2cccc3ncccc23)cc1Cl. The van der Waals surface area contributed by atoms with Crippen LogP contribution in [0.4, 0.5) is 5.69 Å². The van der Waals surface area contributed by atoms with Crippen LogP contribution in [0, 0.1) is 11.3 Å². The number of pyridine rings is 1. The number of amides is 1. The third-order valence-corrected chi connectivity index (χ3v) is 3.89. The molecular weight excluding hydrogens is 354 g/mol. The van der Waals surface area contributed by atoms with E-state index in [9.17, 15) is 9.59 Å². The Morgan fingerprint density at radius 3 is 2.81 bits per heavy atom. The molecule has 0 aliphatic carbocycles. The first-order chi connectivity index (χ1) is 12.6. The molecule has 1 N–H and O–H groups in total. The second-order valence-electron chi connectivity index (χ2n) is 5.31. The highest BCUT2D eigenvalue weighted by atomic mass is 35.5. The summed E-state index contributed by atoms with van der Waals surface area (Å²) in [6, 6.07) is 15.0. The van der Waals surface area contributed by atoms with Crippen molar-refractivity contribution in [2.45, 2.75) is 0 Å². The van der Waals surface area contributed by atoms with Crippen LogP contribution in [0.25, 0.3) is 10.9 Å². The molecule has 0 saturated carbocycles. The maximum Gasteiger partial charge on any atom is 0.339 e. The molecule has 1 aromatic heterocycles. The minimum absolute atomic E-state index is 0.227. The minimum atomic E-state index is -0.614. The van der Waals surface area contributed by atoms with Crippen LogP contribution in [0.15, 0.2) is 54.7 Å². The summed E-state index contributed by atoms with van der Waals surface area (Å²) in [5.41, 5.74) is 1.72. The highest BCUT2D eigenvalue weighted by Gasteiger charge is 2.14. The van der Waals surface area contributed by atoms with Crippen LogP contribution in [-0.2, 0) is 9.53 Å². The number of ether oxygens (including phenoxy) is 1. The monoisotopic (exact) mass is 365 g/mol. The van der Waals surface area contributed by atoms with Crippen molar-refractivity contribution >= 4 is 40.1 Å². The van der Waals surface area contributed by atoms with Gasteiger partial charge < -0.3 is 10.1 Å².